The van der Waals surface area contributed by atoms with Crippen molar-refractivity contribution in [2.75, 3.05) is 0 Å². The van der Waals surface area contributed by atoms with Crippen molar-refractivity contribution >= 4 is 5.97 Å². The maximum absolute atomic E-state index is 13.4. The largest absolute Gasteiger partial charge is 0.477 e. The van der Waals surface area contributed by atoms with E-state index in [1.54, 1.807) is 30.3 Å². The van der Waals surface area contributed by atoms with Crippen molar-refractivity contribution in [2.24, 2.45) is 0 Å². The summed E-state index contributed by atoms with van der Waals surface area (Å²) < 4.78 is 13.4. The molecule has 4 nitrogen and oxygen atoms in total. The van der Waals surface area contributed by atoms with Crippen LogP contribution in [0.25, 0.3) is 0 Å². The topological polar surface area (TPSA) is 62.2 Å². The summed E-state index contributed by atoms with van der Waals surface area (Å²) >= 11 is 0. The minimum atomic E-state index is -1.06. The molecule has 1 heterocycles. The van der Waals surface area contributed by atoms with Crippen LogP contribution >= 0.6 is 0 Å². The smallest absolute Gasteiger partial charge is 0.354 e. The van der Waals surface area contributed by atoms with Gasteiger partial charge in [0, 0.05) is 18.7 Å². The SMILES string of the molecule is O=C(O)c1cccc(CNCc2ccccc2F)n1. The van der Waals surface area contributed by atoms with E-state index in [0.717, 1.165) is 0 Å². The highest BCUT2D eigenvalue weighted by Crippen LogP contribution is 2.06. The monoisotopic (exact) mass is 260 g/mol. The second kappa shape index (κ2) is 6.06. The number of halogens is 1. The van der Waals surface area contributed by atoms with E-state index >= 15 is 0 Å². The molecule has 0 bridgehead atoms. The van der Waals surface area contributed by atoms with Crippen LogP contribution < -0.4 is 5.32 Å². The highest BCUT2D eigenvalue weighted by atomic mass is 19.1. The van der Waals surface area contributed by atoms with E-state index in [2.05, 4.69) is 10.3 Å². The molecule has 0 saturated carbocycles. The number of hydrogen-bond donors (Lipinski definition) is 2. The Labute approximate surface area is 109 Å². The third-order valence-electron chi connectivity index (χ3n) is 2.61. The molecule has 0 radical (unpaired) electrons. The first kappa shape index (κ1) is 13.2. The normalized spacial score (nSPS) is 10.4. The van der Waals surface area contributed by atoms with E-state index in [-0.39, 0.29) is 11.5 Å². The molecule has 0 spiro atoms. The van der Waals surface area contributed by atoms with Crippen LogP contribution in [0.3, 0.4) is 0 Å². The second-order valence-corrected chi connectivity index (χ2v) is 4.01. The number of rotatable bonds is 5. The highest BCUT2D eigenvalue weighted by Gasteiger charge is 2.05. The summed E-state index contributed by atoms with van der Waals surface area (Å²) in [5.74, 6) is -1.32. The zero-order chi connectivity index (χ0) is 13.7. The molecule has 0 fully saturated rings. The number of carboxylic acids is 1. The van der Waals surface area contributed by atoms with Crippen molar-refractivity contribution in [1.29, 1.82) is 0 Å². The second-order valence-electron chi connectivity index (χ2n) is 4.01. The van der Waals surface area contributed by atoms with Gasteiger partial charge in [-0.15, -0.1) is 0 Å². The zero-order valence-corrected chi connectivity index (χ0v) is 10.1. The summed E-state index contributed by atoms with van der Waals surface area (Å²) in [7, 11) is 0. The molecule has 2 aromatic rings. The standard InChI is InChI=1S/C14H13FN2O2/c15-12-6-2-1-4-10(12)8-16-9-11-5-3-7-13(17-11)14(18)19/h1-7,16H,8-9H2,(H,18,19). The van der Waals surface area contributed by atoms with E-state index in [1.807, 2.05) is 0 Å². The van der Waals surface area contributed by atoms with Gasteiger partial charge in [-0.1, -0.05) is 24.3 Å². The molecule has 0 atom stereocenters. The third kappa shape index (κ3) is 3.59. The van der Waals surface area contributed by atoms with E-state index in [1.165, 1.54) is 12.1 Å². The average Bonchev–Trinajstić information content (AvgIpc) is 2.41. The van der Waals surface area contributed by atoms with Crippen molar-refractivity contribution in [3.05, 3.63) is 65.2 Å². The van der Waals surface area contributed by atoms with Gasteiger partial charge in [0.1, 0.15) is 11.5 Å². The Kier molecular flexibility index (Phi) is 4.20. The van der Waals surface area contributed by atoms with Crippen molar-refractivity contribution in [2.45, 2.75) is 13.1 Å². The number of nitrogens with one attached hydrogen (secondary N) is 1. The minimum Gasteiger partial charge on any atom is -0.477 e. The van der Waals surface area contributed by atoms with Gasteiger partial charge in [0.25, 0.3) is 0 Å². The molecule has 0 aliphatic rings. The number of nitrogens with zero attached hydrogens (tertiary/aromatic N) is 1. The lowest BCUT2D eigenvalue weighted by molar-refractivity contribution is 0.0690. The Morgan fingerprint density at radius 3 is 2.68 bits per heavy atom. The Morgan fingerprint density at radius 1 is 1.16 bits per heavy atom. The molecule has 98 valence electrons. The fourth-order valence-corrected chi connectivity index (χ4v) is 1.66. The Morgan fingerprint density at radius 2 is 1.95 bits per heavy atom. The fraction of sp³-hybridized carbons (Fsp3) is 0.143. The van der Waals surface area contributed by atoms with E-state index in [0.29, 0.717) is 24.3 Å². The van der Waals surface area contributed by atoms with Crippen LogP contribution in [0.15, 0.2) is 42.5 Å². The van der Waals surface area contributed by atoms with Gasteiger partial charge in [-0.25, -0.2) is 14.2 Å². The first-order valence-corrected chi connectivity index (χ1v) is 5.80. The molecule has 0 unspecified atom stereocenters. The maximum Gasteiger partial charge on any atom is 0.354 e. The van der Waals surface area contributed by atoms with Gasteiger partial charge in [0.05, 0.1) is 5.69 Å². The summed E-state index contributed by atoms with van der Waals surface area (Å²) in [4.78, 5) is 14.7. The molecule has 0 aliphatic heterocycles. The van der Waals surface area contributed by atoms with Gasteiger partial charge in [-0.2, -0.15) is 0 Å². The first-order chi connectivity index (χ1) is 9.16. The predicted octanol–water partition coefficient (Wildman–Crippen LogP) is 2.21. The Balaban J connectivity index is 1.94. The summed E-state index contributed by atoms with van der Waals surface area (Å²) in [6.07, 6.45) is 0. The van der Waals surface area contributed by atoms with E-state index in [9.17, 15) is 9.18 Å². The first-order valence-electron chi connectivity index (χ1n) is 5.80. The van der Waals surface area contributed by atoms with Crippen LogP contribution in [0.5, 0.6) is 0 Å². The third-order valence-corrected chi connectivity index (χ3v) is 2.61. The summed E-state index contributed by atoms with van der Waals surface area (Å²) in [6.45, 7) is 0.751. The number of carboxylic acid groups (broad SMARTS) is 1. The van der Waals surface area contributed by atoms with E-state index < -0.39 is 5.97 Å². The molecule has 1 aromatic heterocycles. The van der Waals surface area contributed by atoms with E-state index in [4.69, 9.17) is 5.11 Å². The van der Waals surface area contributed by atoms with Gasteiger partial charge in [-0.3, -0.25) is 0 Å². The number of hydrogen-bond acceptors (Lipinski definition) is 3. The molecule has 0 saturated heterocycles. The molecule has 0 aliphatic carbocycles. The van der Waals surface area contributed by atoms with Crippen molar-refractivity contribution in [3.63, 3.8) is 0 Å². The van der Waals surface area contributed by atoms with Crippen LogP contribution in [0, 0.1) is 5.82 Å². The minimum absolute atomic E-state index is 0.00481. The van der Waals surface area contributed by atoms with Crippen LogP contribution in [0.1, 0.15) is 21.7 Å². The molecular formula is C14H13FN2O2. The van der Waals surface area contributed by atoms with Gasteiger partial charge >= 0.3 is 5.97 Å². The lowest BCUT2D eigenvalue weighted by Crippen LogP contribution is -2.15. The summed E-state index contributed by atoms with van der Waals surface area (Å²) in [6, 6.07) is 11.3. The molecule has 5 heteroatoms. The molecule has 1 aromatic carbocycles. The fourth-order valence-electron chi connectivity index (χ4n) is 1.66. The zero-order valence-electron chi connectivity index (χ0n) is 10.1. The van der Waals surface area contributed by atoms with Crippen molar-refractivity contribution < 1.29 is 14.3 Å². The lowest BCUT2D eigenvalue weighted by atomic mass is 10.2. The maximum atomic E-state index is 13.4. The summed E-state index contributed by atoms with van der Waals surface area (Å²) in [5, 5.41) is 11.8. The van der Waals surface area contributed by atoms with Crippen LogP contribution in [-0.2, 0) is 13.1 Å². The number of pyridine rings is 1. The molecule has 2 rings (SSSR count). The van der Waals surface area contributed by atoms with Crippen LogP contribution in [0.4, 0.5) is 4.39 Å². The molecule has 19 heavy (non-hydrogen) atoms. The predicted molar refractivity (Wildman–Crippen MR) is 68.1 cm³/mol. The molecule has 0 amide bonds. The van der Waals surface area contributed by atoms with Gasteiger partial charge in [-0.05, 0) is 18.2 Å². The lowest BCUT2D eigenvalue weighted by Gasteiger charge is -2.06. The highest BCUT2D eigenvalue weighted by molar-refractivity contribution is 5.85. The summed E-state index contributed by atoms with van der Waals surface area (Å²) in [5.41, 5.74) is 1.18. The van der Waals surface area contributed by atoms with Gasteiger partial charge < -0.3 is 10.4 Å². The van der Waals surface area contributed by atoms with Crippen LogP contribution in [-0.4, -0.2) is 16.1 Å². The van der Waals surface area contributed by atoms with Crippen molar-refractivity contribution in [3.8, 4) is 0 Å². The Hall–Kier alpha value is -2.27. The Bertz CT molecular complexity index is 587. The van der Waals surface area contributed by atoms with Crippen LogP contribution in [0.2, 0.25) is 0 Å². The van der Waals surface area contributed by atoms with Gasteiger partial charge in [0.2, 0.25) is 0 Å². The number of benzene rings is 1. The number of aromatic nitrogens is 1. The van der Waals surface area contributed by atoms with Gasteiger partial charge in [0.15, 0.2) is 0 Å². The average molecular weight is 260 g/mol. The number of aromatic carboxylic acids is 1. The number of carbonyl (C=O) groups is 1. The van der Waals surface area contributed by atoms with Crippen molar-refractivity contribution in [1.82, 2.24) is 10.3 Å². The molecular weight excluding hydrogens is 247 g/mol. The molecule has 2 N–H and O–H groups in total. The quantitative estimate of drug-likeness (QED) is 0.865.